The van der Waals surface area contributed by atoms with Crippen LogP contribution in [-0.2, 0) is 0 Å². The molecule has 0 aliphatic carbocycles. The first-order valence-electron chi connectivity index (χ1n) is 4.59. The number of aromatic hydroxyl groups is 1. The molecule has 0 atom stereocenters. The smallest absolute Gasteiger partial charge is 0.180 e. The zero-order valence-corrected chi connectivity index (χ0v) is 9.15. The first-order valence-corrected chi connectivity index (χ1v) is 4.59. The van der Waals surface area contributed by atoms with E-state index in [0.29, 0.717) is 11.3 Å². The maximum atomic E-state index is 11.6. The molecule has 1 aromatic carbocycles. The number of carbonyl (C=O) groups is 1. The molecule has 1 N–H and O–H groups in total. The lowest BCUT2D eigenvalue weighted by atomic mass is 10.1. The van der Waals surface area contributed by atoms with Crippen molar-refractivity contribution in [2.45, 2.75) is 0 Å². The van der Waals surface area contributed by atoms with Gasteiger partial charge in [0, 0.05) is 6.07 Å². The second kappa shape index (κ2) is 4.79. The summed E-state index contributed by atoms with van der Waals surface area (Å²) in [4.78, 5) is 13.4. The van der Waals surface area contributed by atoms with E-state index in [4.69, 9.17) is 4.74 Å². The molecule has 0 saturated carbocycles. The zero-order valence-electron chi connectivity index (χ0n) is 9.15. The number of phenols is 1. The second-order valence-electron chi connectivity index (χ2n) is 3.54. The van der Waals surface area contributed by atoms with Gasteiger partial charge in [0.2, 0.25) is 0 Å². The van der Waals surface area contributed by atoms with E-state index in [-0.39, 0.29) is 18.1 Å². The van der Waals surface area contributed by atoms with Gasteiger partial charge in [-0.2, -0.15) is 0 Å². The Labute approximate surface area is 89.1 Å². The SMILES string of the molecule is COc1ccc(C(=O)CN(C)C)c(O)c1. The van der Waals surface area contributed by atoms with Gasteiger partial charge in [-0.05, 0) is 26.2 Å². The molecule has 0 unspecified atom stereocenters. The summed E-state index contributed by atoms with van der Waals surface area (Å²) in [5, 5.41) is 9.59. The predicted molar refractivity (Wildman–Crippen MR) is 57.5 cm³/mol. The number of rotatable bonds is 4. The van der Waals surface area contributed by atoms with Gasteiger partial charge in [0.15, 0.2) is 5.78 Å². The molecule has 0 saturated heterocycles. The van der Waals surface area contributed by atoms with E-state index < -0.39 is 0 Å². The fraction of sp³-hybridized carbons (Fsp3) is 0.364. The molecular formula is C11H15NO3. The minimum atomic E-state index is -0.111. The molecule has 15 heavy (non-hydrogen) atoms. The Bertz CT molecular complexity index is 361. The van der Waals surface area contributed by atoms with Crippen LogP contribution in [0.3, 0.4) is 0 Å². The van der Waals surface area contributed by atoms with Gasteiger partial charge in [0.1, 0.15) is 11.5 Å². The number of Topliss-reactive ketones (excluding diaryl/α,β-unsaturated/α-hetero) is 1. The Morgan fingerprint density at radius 3 is 2.60 bits per heavy atom. The van der Waals surface area contributed by atoms with E-state index in [1.165, 1.54) is 13.2 Å². The lowest BCUT2D eigenvalue weighted by molar-refractivity contribution is 0.0955. The quantitative estimate of drug-likeness (QED) is 0.756. The first-order chi connectivity index (χ1) is 7.04. The minimum absolute atomic E-state index is 0.0406. The lowest BCUT2D eigenvalue weighted by Crippen LogP contribution is -2.21. The number of nitrogens with zero attached hydrogens (tertiary/aromatic N) is 1. The first kappa shape index (κ1) is 11.5. The number of ketones is 1. The largest absolute Gasteiger partial charge is 0.507 e. The average molecular weight is 209 g/mol. The van der Waals surface area contributed by atoms with Gasteiger partial charge in [-0.1, -0.05) is 0 Å². The summed E-state index contributed by atoms with van der Waals surface area (Å²) in [5.41, 5.74) is 0.324. The summed E-state index contributed by atoms with van der Waals surface area (Å²) < 4.78 is 4.93. The number of hydrogen-bond donors (Lipinski definition) is 1. The van der Waals surface area contributed by atoms with E-state index >= 15 is 0 Å². The van der Waals surface area contributed by atoms with Crippen molar-refractivity contribution < 1.29 is 14.6 Å². The highest BCUT2D eigenvalue weighted by atomic mass is 16.5. The standard InChI is InChI=1S/C11H15NO3/c1-12(2)7-11(14)9-5-4-8(15-3)6-10(9)13/h4-6,13H,7H2,1-3H3. The summed E-state index contributed by atoms with van der Waals surface area (Å²) in [6.07, 6.45) is 0. The Balaban J connectivity index is 2.90. The molecule has 0 aliphatic heterocycles. The van der Waals surface area contributed by atoms with Gasteiger partial charge in [-0.3, -0.25) is 4.79 Å². The van der Waals surface area contributed by atoms with E-state index in [0.717, 1.165) is 0 Å². The number of ether oxygens (including phenoxy) is 1. The highest BCUT2D eigenvalue weighted by molar-refractivity contribution is 6.00. The Kier molecular flexibility index (Phi) is 3.68. The van der Waals surface area contributed by atoms with Crippen molar-refractivity contribution in [2.24, 2.45) is 0 Å². The van der Waals surface area contributed by atoms with Crippen LogP contribution in [0.4, 0.5) is 0 Å². The van der Waals surface area contributed by atoms with Crippen LogP contribution in [0.1, 0.15) is 10.4 Å². The molecule has 0 heterocycles. The van der Waals surface area contributed by atoms with Crippen LogP contribution < -0.4 is 4.74 Å². The van der Waals surface area contributed by atoms with E-state index in [2.05, 4.69) is 0 Å². The molecule has 0 aliphatic rings. The fourth-order valence-corrected chi connectivity index (χ4v) is 1.25. The van der Waals surface area contributed by atoms with Gasteiger partial charge >= 0.3 is 0 Å². The third-order valence-corrected chi connectivity index (χ3v) is 1.97. The number of likely N-dealkylation sites (N-methyl/N-ethyl adjacent to an activating group) is 1. The van der Waals surface area contributed by atoms with Crippen LogP contribution in [-0.4, -0.2) is 43.5 Å². The predicted octanol–water partition coefficient (Wildman–Crippen LogP) is 1.15. The monoisotopic (exact) mass is 209 g/mol. The third kappa shape index (κ3) is 2.95. The van der Waals surface area contributed by atoms with E-state index in [9.17, 15) is 9.90 Å². The topological polar surface area (TPSA) is 49.8 Å². The number of carbonyl (C=O) groups excluding carboxylic acids is 1. The van der Waals surface area contributed by atoms with Gasteiger partial charge in [0.05, 0.1) is 19.2 Å². The van der Waals surface area contributed by atoms with Crippen LogP contribution in [0.5, 0.6) is 11.5 Å². The molecule has 4 heteroatoms. The van der Waals surface area contributed by atoms with Crippen molar-refractivity contribution in [3.63, 3.8) is 0 Å². The maximum absolute atomic E-state index is 11.6. The van der Waals surface area contributed by atoms with Crippen molar-refractivity contribution in [2.75, 3.05) is 27.7 Å². The summed E-state index contributed by atoms with van der Waals surface area (Å²) >= 11 is 0. The number of benzene rings is 1. The molecule has 0 bridgehead atoms. The van der Waals surface area contributed by atoms with Crippen LogP contribution in [0.15, 0.2) is 18.2 Å². The molecule has 4 nitrogen and oxygen atoms in total. The Morgan fingerprint density at radius 2 is 2.13 bits per heavy atom. The van der Waals surface area contributed by atoms with Crippen molar-refractivity contribution in [1.82, 2.24) is 4.90 Å². The van der Waals surface area contributed by atoms with Gasteiger partial charge in [-0.15, -0.1) is 0 Å². The molecule has 1 aromatic rings. The second-order valence-corrected chi connectivity index (χ2v) is 3.54. The molecule has 0 spiro atoms. The summed E-state index contributed by atoms with van der Waals surface area (Å²) in [7, 11) is 5.12. The van der Waals surface area contributed by atoms with Crippen molar-refractivity contribution >= 4 is 5.78 Å². The lowest BCUT2D eigenvalue weighted by Gasteiger charge is -2.10. The van der Waals surface area contributed by atoms with E-state index in [1.54, 1.807) is 31.1 Å². The molecular weight excluding hydrogens is 194 g/mol. The van der Waals surface area contributed by atoms with Crippen molar-refractivity contribution in [1.29, 1.82) is 0 Å². The van der Waals surface area contributed by atoms with Crippen LogP contribution in [0.2, 0.25) is 0 Å². The molecule has 82 valence electrons. The highest BCUT2D eigenvalue weighted by Gasteiger charge is 2.12. The van der Waals surface area contributed by atoms with E-state index in [1.807, 2.05) is 0 Å². The van der Waals surface area contributed by atoms with Crippen molar-refractivity contribution in [3.05, 3.63) is 23.8 Å². The summed E-state index contributed by atoms with van der Waals surface area (Å²) in [6.45, 7) is 0.278. The summed E-state index contributed by atoms with van der Waals surface area (Å²) in [6, 6.07) is 4.66. The number of hydrogen-bond acceptors (Lipinski definition) is 4. The molecule has 0 fully saturated rings. The summed E-state index contributed by atoms with van der Waals surface area (Å²) in [5.74, 6) is 0.384. The van der Waals surface area contributed by atoms with Crippen molar-refractivity contribution in [3.8, 4) is 11.5 Å². The number of methoxy groups -OCH3 is 1. The molecule has 0 radical (unpaired) electrons. The minimum Gasteiger partial charge on any atom is -0.507 e. The van der Waals surface area contributed by atoms with Gasteiger partial charge in [-0.25, -0.2) is 0 Å². The maximum Gasteiger partial charge on any atom is 0.180 e. The normalized spacial score (nSPS) is 10.4. The molecule has 0 aromatic heterocycles. The van der Waals surface area contributed by atoms with Gasteiger partial charge < -0.3 is 14.7 Å². The van der Waals surface area contributed by atoms with Gasteiger partial charge in [0.25, 0.3) is 0 Å². The zero-order chi connectivity index (χ0) is 11.4. The van der Waals surface area contributed by atoms with Crippen LogP contribution in [0, 0.1) is 0 Å². The van der Waals surface area contributed by atoms with Crippen LogP contribution in [0.25, 0.3) is 0 Å². The third-order valence-electron chi connectivity index (χ3n) is 1.97. The molecule has 1 rings (SSSR count). The molecule has 0 amide bonds. The number of phenolic OH excluding ortho intramolecular Hbond substituents is 1. The highest BCUT2D eigenvalue weighted by Crippen LogP contribution is 2.23. The average Bonchev–Trinajstić information content (AvgIpc) is 2.16. The Morgan fingerprint density at radius 1 is 1.47 bits per heavy atom. The van der Waals surface area contributed by atoms with Crippen LogP contribution >= 0.6 is 0 Å². The fourth-order valence-electron chi connectivity index (χ4n) is 1.25. The Hall–Kier alpha value is -1.55.